The molecular formula is C7H13ClN2. The first-order valence-corrected chi connectivity index (χ1v) is 3.54. The Hall–Kier alpha value is -0.260. The molecule has 10 heavy (non-hydrogen) atoms. The minimum atomic E-state index is 0. The third-order valence-electron chi connectivity index (χ3n) is 1.73. The predicted octanol–water partition coefficient (Wildman–Crippen LogP) is 1.32. The molecule has 0 aromatic heterocycles. The molecule has 0 amide bonds. The maximum atomic E-state index is 8.53. The highest BCUT2D eigenvalue weighted by molar-refractivity contribution is 5.85. The molecule has 2 nitrogen and oxygen atoms in total. The van der Waals surface area contributed by atoms with Gasteiger partial charge in [-0.3, -0.25) is 0 Å². The maximum absolute atomic E-state index is 8.53. The van der Waals surface area contributed by atoms with E-state index >= 15 is 0 Å². The highest BCUT2D eigenvalue weighted by atomic mass is 35.5. The molecule has 1 rings (SSSR count). The molecule has 3 heteroatoms. The van der Waals surface area contributed by atoms with Gasteiger partial charge in [-0.2, -0.15) is 5.26 Å². The topological polar surface area (TPSA) is 35.8 Å². The molecule has 0 unspecified atom stereocenters. The van der Waals surface area contributed by atoms with Crippen LogP contribution in [0.5, 0.6) is 0 Å². The fourth-order valence-corrected chi connectivity index (χ4v) is 1.13. The van der Waals surface area contributed by atoms with Gasteiger partial charge < -0.3 is 5.32 Å². The van der Waals surface area contributed by atoms with E-state index in [9.17, 15) is 0 Å². The smallest absolute Gasteiger partial charge is 0.0669 e. The van der Waals surface area contributed by atoms with Gasteiger partial charge in [0.1, 0.15) is 0 Å². The lowest BCUT2D eigenvalue weighted by Gasteiger charge is -2.00. The van der Waals surface area contributed by atoms with Crippen molar-refractivity contribution in [1.29, 1.82) is 5.26 Å². The zero-order valence-corrected chi connectivity index (χ0v) is 6.78. The Morgan fingerprint density at radius 3 is 2.90 bits per heavy atom. The molecule has 58 valence electrons. The lowest BCUT2D eigenvalue weighted by atomic mass is 10.1. The molecule has 1 fully saturated rings. The first-order chi connectivity index (χ1) is 4.43. The first kappa shape index (κ1) is 9.74. The van der Waals surface area contributed by atoms with Crippen LogP contribution in [0.3, 0.4) is 0 Å². The van der Waals surface area contributed by atoms with Gasteiger partial charge in [-0.1, -0.05) is 6.42 Å². The summed E-state index contributed by atoms with van der Waals surface area (Å²) < 4.78 is 0. The van der Waals surface area contributed by atoms with Gasteiger partial charge in [-0.05, 0) is 19.4 Å². The normalized spacial score (nSPS) is 25.7. The van der Waals surface area contributed by atoms with Crippen LogP contribution in [0.1, 0.15) is 19.3 Å². The van der Waals surface area contributed by atoms with Crippen molar-refractivity contribution < 1.29 is 0 Å². The molecule has 1 aliphatic heterocycles. The summed E-state index contributed by atoms with van der Waals surface area (Å²) in [5.74, 6) is 0.271. The van der Waals surface area contributed by atoms with E-state index in [0.717, 1.165) is 19.5 Å². The summed E-state index contributed by atoms with van der Waals surface area (Å²) in [5, 5.41) is 11.8. The van der Waals surface area contributed by atoms with Gasteiger partial charge in [0.25, 0.3) is 0 Å². The zero-order valence-electron chi connectivity index (χ0n) is 5.97. The van der Waals surface area contributed by atoms with Gasteiger partial charge in [-0.25, -0.2) is 0 Å². The fraction of sp³-hybridized carbons (Fsp3) is 0.857. The third kappa shape index (κ3) is 3.05. The summed E-state index contributed by atoms with van der Waals surface area (Å²) in [6.07, 6.45) is 3.53. The van der Waals surface area contributed by atoms with Gasteiger partial charge in [0, 0.05) is 6.54 Å². The molecule has 0 aromatic rings. The second-order valence-electron chi connectivity index (χ2n) is 2.53. The van der Waals surface area contributed by atoms with Crippen LogP contribution in [0.4, 0.5) is 0 Å². The molecular weight excluding hydrogens is 148 g/mol. The number of hydrogen-bond donors (Lipinski definition) is 1. The van der Waals surface area contributed by atoms with E-state index < -0.39 is 0 Å². The summed E-state index contributed by atoms with van der Waals surface area (Å²) >= 11 is 0. The Morgan fingerprint density at radius 2 is 2.20 bits per heavy atom. The molecule has 0 bridgehead atoms. The van der Waals surface area contributed by atoms with Gasteiger partial charge in [-0.15, -0.1) is 12.4 Å². The molecule has 1 atom stereocenters. The summed E-state index contributed by atoms with van der Waals surface area (Å²) in [7, 11) is 0. The highest BCUT2D eigenvalue weighted by Gasteiger charge is 2.08. The molecule has 1 saturated heterocycles. The van der Waals surface area contributed by atoms with Gasteiger partial charge in [0.2, 0.25) is 0 Å². The van der Waals surface area contributed by atoms with E-state index in [1.807, 2.05) is 0 Å². The Kier molecular flexibility index (Phi) is 5.38. The molecule has 0 aliphatic carbocycles. The third-order valence-corrected chi connectivity index (χ3v) is 1.73. The van der Waals surface area contributed by atoms with Crippen LogP contribution < -0.4 is 5.32 Å². The number of rotatable bonds is 0. The van der Waals surface area contributed by atoms with Gasteiger partial charge >= 0.3 is 0 Å². The largest absolute Gasteiger partial charge is 0.315 e. The van der Waals surface area contributed by atoms with E-state index in [0.29, 0.717) is 0 Å². The number of hydrogen-bond acceptors (Lipinski definition) is 2. The van der Waals surface area contributed by atoms with Crippen LogP contribution in [0.15, 0.2) is 0 Å². The Labute approximate surface area is 68.0 Å². The van der Waals surface area contributed by atoms with E-state index in [1.54, 1.807) is 0 Å². The molecule has 0 aromatic carbocycles. The zero-order chi connectivity index (χ0) is 6.53. The van der Waals surface area contributed by atoms with Crippen LogP contribution in [0, 0.1) is 17.2 Å². The Bertz CT molecular complexity index is 111. The van der Waals surface area contributed by atoms with Crippen molar-refractivity contribution in [2.24, 2.45) is 5.92 Å². The van der Waals surface area contributed by atoms with Gasteiger partial charge in [0.15, 0.2) is 0 Å². The number of halogens is 1. The monoisotopic (exact) mass is 160 g/mol. The van der Waals surface area contributed by atoms with Crippen LogP contribution in [0.25, 0.3) is 0 Å². The van der Waals surface area contributed by atoms with Crippen LogP contribution >= 0.6 is 12.4 Å². The van der Waals surface area contributed by atoms with Crippen molar-refractivity contribution in [2.45, 2.75) is 19.3 Å². The van der Waals surface area contributed by atoms with Crippen LogP contribution in [-0.2, 0) is 0 Å². The molecule has 0 spiro atoms. The molecule has 1 N–H and O–H groups in total. The molecule has 1 heterocycles. The Balaban J connectivity index is 0.000000810. The van der Waals surface area contributed by atoms with Crippen molar-refractivity contribution in [3.05, 3.63) is 0 Å². The first-order valence-electron chi connectivity index (χ1n) is 3.54. The summed E-state index contributed by atoms with van der Waals surface area (Å²) in [6, 6.07) is 2.28. The number of nitrogens with zero attached hydrogens (tertiary/aromatic N) is 1. The average Bonchev–Trinajstić information content (AvgIpc) is 2.13. The minimum absolute atomic E-state index is 0. The maximum Gasteiger partial charge on any atom is 0.0669 e. The second-order valence-corrected chi connectivity index (χ2v) is 2.53. The number of nitriles is 1. The molecule has 1 aliphatic rings. The second kappa shape index (κ2) is 5.52. The summed E-state index contributed by atoms with van der Waals surface area (Å²) in [4.78, 5) is 0. The quantitative estimate of drug-likeness (QED) is 0.580. The predicted molar refractivity (Wildman–Crippen MR) is 43.1 cm³/mol. The molecule has 0 radical (unpaired) electrons. The van der Waals surface area contributed by atoms with E-state index in [4.69, 9.17) is 5.26 Å². The van der Waals surface area contributed by atoms with E-state index in [2.05, 4.69) is 11.4 Å². The van der Waals surface area contributed by atoms with Crippen molar-refractivity contribution >= 4 is 12.4 Å². The van der Waals surface area contributed by atoms with Crippen molar-refractivity contribution in [3.63, 3.8) is 0 Å². The van der Waals surface area contributed by atoms with E-state index in [-0.39, 0.29) is 18.3 Å². The summed E-state index contributed by atoms with van der Waals surface area (Å²) in [5.41, 5.74) is 0. The van der Waals surface area contributed by atoms with Crippen LogP contribution in [0.2, 0.25) is 0 Å². The standard InChI is InChI=1S/C7H12N2.ClH/c8-5-7-3-1-2-4-9-6-7;/h7,9H,1-4,6H2;1H/t7-;/m1./s1. The van der Waals surface area contributed by atoms with Crippen LogP contribution in [-0.4, -0.2) is 13.1 Å². The summed E-state index contributed by atoms with van der Waals surface area (Å²) in [6.45, 7) is 1.99. The highest BCUT2D eigenvalue weighted by Crippen LogP contribution is 2.08. The van der Waals surface area contributed by atoms with Crippen molar-refractivity contribution in [3.8, 4) is 6.07 Å². The lowest BCUT2D eigenvalue weighted by molar-refractivity contribution is 0.590. The lowest BCUT2D eigenvalue weighted by Crippen LogP contribution is -2.19. The minimum Gasteiger partial charge on any atom is -0.315 e. The fourth-order valence-electron chi connectivity index (χ4n) is 1.13. The van der Waals surface area contributed by atoms with Crippen molar-refractivity contribution in [2.75, 3.05) is 13.1 Å². The van der Waals surface area contributed by atoms with Gasteiger partial charge in [0.05, 0.1) is 12.0 Å². The van der Waals surface area contributed by atoms with E-state index in [1.165, 1.54) is 12.8 Å². The van der Waals surface area contributed by atoms with Crippen molar-refractivity contribution in [1.82, 2.24) is 5.32 Å². The average molecular weight is 161 g/mol. The SMILES string of the molecule is Cl.N#C[C@H]1CCCCNC1. The molecule has 0 saturated carbocycles. The Morgan fingerprint density at radius 1 is 1.40 bits per heavy atom. The number of nitrogens with one attached hydrogen (secondary N) is 1.